The van der Waals surface area contributed by atoms with E-state index in [-0.39, 0.29) is 51.2 Å². The standard InChI is InChI=1S/C28H24N4O4S.C21H17ClN4O3S.C15H5ClF5NO3S.C12H13N3O.C7H8BO3.C6H6BO2/c1-19-3-6-22(33)16-26(19)28-25-10-9-24(15-21(25)11-14-30-28)37(34,35)32(27-12-13-29-18-31-27)17-20-4-7-23(36-2)8-5-20;1-29-17-4-2-15(3-5-17)13-26(20-9-10-23-14-25-20)30(27,28)18-6-7-19-16(12-18)8-11-24-21(19)22;16-15-8-2-1-7(5-6(8)3-4-22-15)26(23,24)25-14-12(20)10(18)9(17)11(19)13(14)21;1-16-11-4-2-10(3-5-11)8-14-12-6-7-13-9-15-12;1-5-2-3-6(9)4-7(5)11-8-10;8-7-9-6-4-2-1-3-5-6/h3-16,18,33H,17H2,1-2H3;2-12,14H,13H2,1H3;1-5H;2-7,9H,8H2,1H3,(H,13,14,15);2-4,9-10H,1H3;1-5,8H. The van der Waals surface area contributed by atoms with Gasteiger partial charge in [0.05, 0.1) is 55.7 Å². The van der Waals surface area contributed by atoms with Crippen LogP contribution in [-0.4, -0.2) is 127 Å². The predicted octanol–water partition coefficient (Wildman–Crippen LogP) is 16.8. The van der Waals surface area contributed by atoms with Crippen molar-refractivity contribution in [3.8, 4) is 57.3 Å². The van der Waals surface area contributed by atoms with Crippen LogP contribution in [0.4, 0.5) is 39.4 Å². The number of rotatable bonds is 24. The van der Waals surface area contributed by atoms with E-state index in [0.717, 1.165) is 63.4 Å². The molecule has 2 radical (unpaired) electrons. The molecule has 28 nitrogen and oxygen atoms in total. The normalized spacial score (nSPS) is 10.9. The first-order valence-corrected chi connectivity index (χ1v) is 42.9. The van der Waals surface area contributed by atoms with E-state index < -0.39 is 69.9 Å². The van der Waals surface area contributed by atoms with Gasteiger partial charge in [0.15, 0.2) is 0 Å². The van der Waals surface area contributed by atoms with Gasteiger partial charge in [-0.05, 0) is 197 Å². The summed E-state index contributed by atoms with van der Waals surface area (Å²) in [6.07, 6.45) is 13.3. The summed E-state index contributed by atoms with van der Waals surface area (Å²) >= 11 is 12.0. The number of nitrogens with zero attached hydrogens (tertiary/aromatic N) is 11. The van der Waals surface area contributed by atoms with Crippen LogP contribution >= 0.6 is 23.2 Å². The van der Waals surface area contributed by atoms with Gasteiger partial charge in [-0.25, -0.2) is 78.5 Å². The molecule has 0 amide bonds. The minimum Gasteiger partial charge on any atom is -0.537 e. The van der Waals surface area contributed by atoms with Crippen LogP contribution in [0.1, 0.15) is 27.8 Å². The van der Waals surface area contributed by atoms with Crippen LogP contribution < -0.4 is 41.6 Å². The summed E-state index contributed by atoms with van der Waals surface area (Å²) in [6, 6.07) is 64.0. The van der Waals surface area contributed by atoms with Gasteiger partial charge in [-0.3, -0.25) is 4.98 Å². The molecule has 0 atom stereocenters. The van der Waals surface area contributed by atoms with Crippen molar-refractivity contribution in [2.75, 3.05) is 35.3 Å². The minimum atomic E-state index is -4.91. The zero-order chi connectivity index (χ0) is 92.4. The molecule has 0 bridgehead atoms. The Bertz CT molecular complexity index is 6860. The summed E-state index contributed by atoms with van der Waals surface area (Å²) in [7, 11) is -6.77. The van der Waals surface area contributed by atoms with Crippen molar-refractivity contribution in [2.45, 2.75) is 48.2 Å². The lowest BCUT2D eigenvalue weighted by molar-refractivity contribution is 0.346. The molecule has 658 valence electrons. The number of para-hydroxylation sites is 1. The van der Waals surface area contributed by atoms with Gasteiger partial charge in [0.25, 0.3) is 20.0 Å². The maximum Gasteiger partial charge on any atom is 0.569 e. The number of aromatic nitrogens is 9. The van der Waals surface area contributed by atoms with Crippen LogP contribution in [0.5, 0.6) is 46.0 Å². The van der Waals surface area contributed by atoms with Crippen molar-refractivity contribution < 1.29 is 95.2 Å². The second-order valence-electron chi connectivity index (χ2n) is 26.8. The number of hydrogen-bond acceptors (Lipinski definition) is 26. The molecular formula is C89H73B2Cl2F5N12O16S3. The first-order valence-electron chi connectivity index (χ1n) is 37.8. The van der Waals surface area contributed by atoms with Gasteiger partial charge in [-0.1, -0.05) is 96.0 Å². The highest BCUT2D eigenvalue weighted by Crippen LogP contribution is 2.37. The summed E-state index contributed by atoms with van der Waals surface area (Å²) in [5, 5.41) is 42.6. The van der Waals surface area contributed by atoms with Gasteiger partial charge in [-0.2, -0.15) is 17.2 Å². The van der Waals surface area contributed by atoms with Gasteiger partial charge < -0.3 is 53.3 Å². The van der Waals surface area contributed by atoms with Gasteiger partial charge in [0, 0.05) is 83.6 Å². The number of phenols is 2. The van der Waals surface area contributed by atoms with E-state index in [0.29, 0.717) is 76.1 Å². The van der Waals surface area contributed by atoms with E-state index >= 15 is 0 Å². The number of benzene rings is 10. The van der Waals surface area contributed by atoms with E-state index in [4.69, 9.17) is 52.6 Å². The fourth-order valence-corrected chi connectivity index (χ4v) is 16.2. The average Bonchev–Trinajstić information content (AvgIpc) is 0.775. The average molecular weight is 1850 g/mol. The quantitative estimate of drug-likeness (QED) is 0.00936. The lowest BCUT2D eigenvalue weighted by atomic mass is 10.00. The molecule has 0 unspecified atom stereocenters. The Hall–Kier alpha value is -14.4. The van der Waals surface area contributed by atoms with Crippen molar-refractivity contribution in [3.63, 3.8) is 0 Å². The summed E-state index contributed by atoms with van der Waals surface area (Å²) in [5.74, 6) is -8.88. The zero-order valence-corrected chi connectivity index (χ0v) is 72.4. The van der Waals surface area contributed by atoms with E-state index in [2.05, 4.69) is 63.7 Å². The molecule has 6 heterocycles. The van der Waals surface area contributed by atoms with Crippen LogP contribution in [0.15, 0.2) is 301 Å². The van der Waals surface area contributed by atoms with Gasteiger partial charge in [0.1, 0.15) is 86.1 Å². The van der Waals surface area contributed by atoms with Crippen LogP contribution in [0.25, 0.3) is 43.6 Å². The number of phenolic OH excluding ortho intramolecular Hbond substituents is 2. The molecule has 0 aliphatic carbocycles. The second kappa shape index (κ2) is 44.7. The summed E-state index contributed by atoms with van der Waals surface area (Å²) < 4.78 is 178. The largest absolute Gasteiger partial charge is 0.569 e. The molecular weight excluding hydrogens is 1780 g/mol. The molecule has 0 aliphatic heterocycles. The van der Waals surface area contributed by atoms with Crippen molar-refractivity contribution >= 4 is 119 Å². The molecule has 0 fully saturated rings. The number of ether oxygens (including phenoxy) is 3. The number of aromatic hydroxyl groups is 2. The Labute approximate surface area is 748 Å². The third-order valence-corrected chi connectivity index (χ3v) is 23.8. The second-order valence-corrected chi connectivity index (χ2v) is 32.8. The Morgan fingerprint density at radius 1 is 0.411 bits per heavy atom. The molecule has 5 N–H and O–H groups in total. The van der Waals surface area contributed by atoms with Crippen molar-refractivity contribution in [1.82, 2.24) is 44.9 Å². The van der Waals surface area contributed by atoms with Crippen molar-refractivity contribution in [1.29, 1.82) is 0 Å². The van der Waals surface area contributed by atoms with Crippen LogP contribution in [0.3, 0.4) is 0 Å². The lowest BCUT2D eigenvalue weighted by Gasteiger charge is -2.24. The van der Waals surface area contributed by atoms with E-state index in [1.807, 2.05) is 92.7 Å². The van der Waals surface area contributed by atoms with E-state index in [1.165, 1.54) is 76.0 Å². The summed E-state index contributed by atoms with van der Waals surface area (Å²) in [5.41, 5.74) is 5.99. The fraction of sp³-hybridized carbons (Fsp3) is 0.0899. The number of fused-ring (bicyclic) bond motifs is 3. The highest BCUT2D eigenvalue weighted by Gasteiger charge is 2.33. The maximum absolute atomic E-state index is 13.9. The molecule has 0 saturated heterocycles. The first-order chi connectivity index (χ1) is 62.0. The highest BCUT2D eigenvalue weighted by atomic mass is 35.5. The molecule has 16 aromatic rings. The predicted molar refractivity (Wildman–Crippen MR) is 477 cm³/mol. The monoisotopic (exact) mass is 1850 g/mol. The van der Waals surface area contributed by atoms with E-state index in [9.17, 15) is 52.3 Å². The molecule has 10 aromatic carbocycles. The maximum atomic E-state index is 13.9. The molecule has 129 heavy (non-hydrogen) atoms. The Kier molecular flexibility index (Phi) is 33.0. The van der Waals surface area contributed by atoms with Crippen molar-refractivity contribution in [2.24, 2.45) is 0 Å². The minimum absolute atomic E-state index is 0.0749. The van der Waals surface area contributed by atoms with Crippen LogP contribution in [-0.2, 0) is 49.8 Å². The van der Waals surface area contributed by atoms with Gasteiger partial charge in [-0.15, -0.1) is 0 Å². The van der Waals surface area contributed by atoms with Gasteiger partial charge >= 0.3 is 25.5 Å². The van der Waals surface area contributed by atoms with Gasteiger partial charge in [0.2, 0.25) is 34.8 Å². The summed E-state index contributed by atoms with van der Waals surface area (Å²) in [4.78, 5) is 36.1. The number of anilines is 3. The topological polar surface area (TPSA) is 373 Å². The molecule has 40 heteroatoms. The third kappa shape index (κ3) is 24.9. The third-order valence-electron chi connectivity index (χ3n) is 18.5. The molecule has 0 aliphatic rings. The Morgan fingerprint density at radius 2 is 0.837 bits per heavy atom. The molecule has 0 saturated carbocycles. The molecule has 6 aromatic heterocycles. The number of pyridine rings is 3. The number of methoxy groups -OCH3 is 3. The van der Waals surface area contributed by atoms with E-state index in [1.54, 1.807) is 155 Å². The number of halogens is 7. The Morgan fingerprint density at radius 3 is 1.30 bits per heavy atom. The Balaban J connectivity index is 0.000000159. The first kappa shape index (κ1) is 95.3. The number of hydrogen-bond donors (Lipinski definition) is 5. The summed E-state index contributed by atoms with van der Waals surface area (Å²) in [6.45, 7) is 4.66. The van der Waals surface area contributed by atoms with Crippen molar-refractivity contribution in [3.05, 3.63) is 354 Å². The lowest BCUT2D eigenvalue weighted by Crippen LogP contribution is -2.31. The fourth-order valence-electron chi connectivity index (χ4n) is 11.9. The SMILES string of the molecule is COc1ccc(CN(c2ccncn2)S(=O)(=O)c2ccc3c(-c4cc(O)ccc4C)nccc3c2)cc1.COc1ccc(CN(c2ccncn2)S(=O)(=O)c2ccc3c(Cl)nccc3c2)cc1.COc1ccc(CNc2ccncn2)cc1.Cc1ccc(O)cc1O[B]O.O=S(=O)(Oc1c(F)c(F)c(F)c(F)c1F)c1ccc2c(Cl)nccc2c1.O[B]Oc1ccccc1. The smallest absolute Gasteiger partial charge is 0.537 e. The van der Waals surface area contributed by atoms with Crippen LogP contribution in [0, 0.1) is 42.9 Å². The number of nitrogens with one attached hydrogen (secondary N) is 1. The number of sulfonamides is 2. The molecule has 0 spiro atoms. The number of aryl methyl sites for hydroxylation is 2. The van der Waals surface area contributed by atoms with Crippen LogP contribution in [0.2, 0.25) is 10.3 Å². The highest BCUT2D eigenvalue weighted by molar-refractivity contribution is 7.93. The molecule has 16 rings (SSSR count). The zero-order valence-electron chi connectivity index (χ0n) is 68.4.